The molecular formula is C23H21N3O4S2. The number of fused-ring (bicyclic) bond motifs is 2. The molecule has 4 aromatic rings. The van der Waals surface area contributed by atoms with E-state index >= 15 is 0 Å². The van der Waals surface area contributed by atoms with E-state index in [9.17, 15) is 13.2 Å². The number of nitrogens with one attached hydrogen (secondary N) is 1. The standard InChI is InChI=1S/C23H21N3O4S2/c1-15-20(12-25-32(28,29)18-7-9-31-14-18)19-6-8-26(13-17(19)11-24-15)23(27)22-10-16-4-2-3-5-21(16)30-22/h2-5,7,9-11,14,25H,6,8,12-13H2,1H3. The number of benzene rings is 1. The summed E-state index contributed by atoms with van der Waals surface area (Å²) in [5.41, 5.74) is 4.33. The van der Waals surface area contributed by atoms with Crippen LogP contribution in [0.3, 0.4) is 0 Å². The average Bonchev–Trinajstić information content (AvgIpc) is 3.48. The molecule has 1 aromatic carbocycles. The summed E-state index contributed by atoms with van der Waals surface area (Å²) in [6.07, 6.45) is 2.40. The van der Waals surface area contributed by atoms with Crippen molar-refractivity contribution in [2.45, 2.75) is 31.3 Å². The average molecular weight is 468 g/mol. The minimum Gasteiger partial charge on any atom is -0.451 e. The lowest BCUT2D eigenvalue weighted by Crippen LogP contribution is -2.37. The first-order valence-electron chi connectivity index (χ1n) is 10.2. The van der Waals surface area contributed by atoms with E-state index in [4.69, 9.17) is 4.42 Å². The molecule has 0 saturated carbocycles. The summed E-state index contributed by atoms with van der Waals surface area (Å²) in [7, 11) is -3.58. The summed E-state index contributed by atoms with van der Waals surface area (Å²) in [6.45, 7) is 2.97. The number of carbonyl (C=O) groups excluding carboxylic acids is 1. The van der Waals surface area contributed by atoms with E-state index in [0.717, 1.165) is 27.8 Å². The summed E-state index contributed by atoms with van der Waals surface area (Å²) >= 11 is 1.34. The number of furan rings is 1. The fourth-order valence-corrected chi connectivity index (χ4v) is 6.05. The lowest BCUT2D eigenvalue weighted by atomic mass is 9.95. The number of hydrogen-bond donors (Lipinski definition) is 1. The Labute approximate surface area is 189 Å². The maximum absolute atomic E-state index is 13.0. The quantitative estimate of drug-likeness (QED) is 0.481. The first kappa shape index (κ1) is 20.9. The predicted octanol–water partition coefficient (Wildman–Crippen LogP) is 3.87. The molecule has 0 radical (unpaired) electrons. The number of amides is 1. The number of carbonyl (C=O) groups is 1. The molecule has 1 amide bonds. The number of thiophene rings is 1. The van der Waals surface area contributed by atoms with Gasteiger partial charge in [0.05, 0.1) is 4.90 Å². The van der Waals surface area contributed by atoms with E-state index in [0.29, 0.717) is 30.9 Å². The molecule has 0 unspecified atom stereocenters. The van der Waals surface area contributed by atoms with Crippen molar-refractivity contribution in [1.82, 2.24) is 14.6 Å². The second kappa shape index (κ2) is 8.16. The summed E-state index contributed by atoms with van der Waals surface area (Å²) < 4.78 is 33.5. The van der Waals surface area contributed by atoms with E-state index in [-0.39, 0.29) is 17.3 Å². The third-order valence-electron chi connectivity index (χ3n) is 5.76. The lowest BCUT2D eigenvalue weighted by Gasteiger charge is -2.30. The van der Waals surface area contributed by atoms with Crippen LogP contribution in [0.4, 0.5) is 0 Å². The van der Waals surface area contributed by atoms with Crippen LogP contribution in [0.1, 0.15) is 32.9 Å². The van der Waals surface area contributed by atoms with Gasteiger partial charge in [-0.1, -0.05) is 18.2 Å². The van der Waals surface area contributed by atoms with Crippen molar-refractivity contribution < 1.29 is 17.6 Å². The molecule has 0 saturated heterocycles. The highest BCUT2D eigenvalue weighted by Crippen LogP contribution is 2.27. The Hall–Kier alpha value is -3.01. The van der Waals surface area contributed by atoms with Crippen molar-refractivity contribution in [1.29, 1.82) is 0 Å². The topological polar surface area (TPSA) is 92.5 Å². The predicted molar refractivity (Wildman–Crippen MR) is 122 cm³/mol. The van der Waals surface area contributed by atoms with Gasteiger partial charge >= 0.3 is 0 Å². The molecule has 0 spiro atoms. The van der Waals surface area contributed by atoms with Crippen molar-refractivity contribution in [3.63, 3.8) is 0 Å². The second-order valence-electron chi connectivity index (χ2n) is 7.73. The number of para-hydroxylation sites is 1. The van der Waals surface area contributed by atoms with Gasteiger partial charge in [-0.25, -0.2) is 13.1 Å². The highest BCUT2D eigenvalue weighted by atomic mass is 32.2. The van der Waals surface area contributed by atoms with Gasteiger partial charge in [-0.2, -0.15) is 11.3 Å². The number of sulfonamides is 1. The SMILES string of the molecule is Cc1ncc2c(c1CNS(=O)(=O)c1ccsc1)CCN(C(=O)c1cc3ccccc3o1)C2. The molecule has 4 heterocycles. The van der Waals surface area contributed by atoms with Crippen molar-refractivity contribution in [2.75, 3.05) is 6.54 Å². The van der Waals surface area contributed by atoms with Crippen molar-refractivity contribution in [2.24, 2.45) is 0 Å². The molecule has 7 nitrogen and oxygen atoms in total. The number of nitrogens with zero attached hydrogens (tertiary/aromatic N) is 2. The van der Waals surface area contributed by atoms with Crippen LogP contribution in [0.2, 0.25) is 0 Å². The first-order valence-corrected chi connectivity index (χ1v) is 12.6. The van der Waals surface area contributed by atoms with E-state index in [1.54, 1.807) is 34.0 Å². The van der Waals surface area contributed by atoms with Gasteiger partial charge in [-0.05, 0) is 53.6 Å². The van der Waals surface area contributed by atoms with Crippen LogP contribution < -0.4 is 4.72 Å². The molecule has 5 rings (SSSR count). The van der Waals surface area contributed by atoms with Crippen molar-refractivity contribution in [3.8, 4) is 0 Å². The Bertz CT molecular complexity index is 1380. The summed E-state index contributed by atoms with van der Waals surface area (Å²) in [6, 6.07) is 10.9. The molecule has 32 heavy (non-hydrogen) atoms. The Kier molecular flexibility index (Phi) is 5.32. The molecule has 9 heteroatoms. The van der Waals surface area contributed by atoms with Gasteiger partial charge in [0.2, 0.25) is 10.0 Å². The zero-order valence-corrected chi connectivity index (χ0v) is 19.0. The number of aryl methyl sites for hydroxylation is 1. The van der Waals surface area contributed by atoms with E-state index in [1.165, 1.54) is 11.3 Å². The fraction of sp³-hybridized carbons (Fsp3) is 0.217. The highest BCUT2D eigenvalue weighted by molar-refractivity contribution is 7.89. The van der Waals surface area contributed by atoms with Crippen LogP contribution in [-0.2, 0) is 29.5 Å². The Morgan fingerprint density at radius 1 is 1.28 bits per heavy atom. The third-order valence-corrected chi connectivity index (χ3v) is 7.99. The van der Waals surface area contributed by atoms with Gasteiger partial charge in [0, 0.05) is 42.3 Å². The maximum atomic E-state index is 13.0. The second-order valence-corrected chi connectivity index (χ2v) is 10.3. The van der Waals surface area contributed by atoms with Crippen LogP contribution in [0.15, 0.2) is 62.7 Å². The maximum Gasteiger partial charge on any atom is 0.289 e. The van der Waals surface area contributed by atoms with E-state index < -0.39 is 10.0 Å². The highest BCUT2D eigenvalue weighted by Gasteiger charge is 2.27. The van der Waals surface area contributed by atoms with Gasteiger partial charge in [0.1, 0.15) is 5.58 Å². The molecule has 1 aliphatic heterocycles. The van der Waals surface area contributed by atoms with Gasteiger partial charge < -0.3 is 9.32 Å². The summed E-state index contributed by atoms with van der Waals surface area (Å²) in [4.78, 5) is 19.5. The Morgan fingerprint density at radius 3 is 2.91 bits per heavy atom. The zero-order valence-electron chi connectivity index (χ0n) is 17.4. The normalized spacial score (nSPS) is 14.0. The molecule has 0 atom stereocenters. The number of aromatic nitrogens is 1. The van der Waals surface area contributed by atoms with Crippen LogP contribution >= 0.6 is 11.3 Å². The number of hydrogen-bond acceptors (Lipinski definition) is 6. The van der Waals surface area contributed by atoms with Crippen LogP contribution in [0, 0.1) is 6.92 Å². The van der Waals surface area contributed by atoms with E-state index in [2.05, 4.69) is 9.71 Å². The lowest BCUT2D eigenvalue weighted by molar-refractivity contribution is 0.0704. The molecule has 0 aliphatic carbocycles. The van der Waals surface area contributed by atoms with E-state index in [1.807, 2.05) is 31.2 Å². The third kappa shape index (κ3) is 3.83. The molecule has 1 aliphatic rings. The number of rotatable bonds is 5. The van der Waals surface area contributed by atoms with Crippen LogP contribution in [0.5, 0.6) is 0 Å². The largest absolute Gasteiger partial charge is 0.451 e. The molecule has 0 bridgehead atoms. The molecule has 164 valence electrons. The smallest absolute Gasteiger partial charge is 0.289 e. The number of pyridine rings is 1. The van der Waals surface area contributed by atoms with Crippen LogP contribution in [0.25, 0.3) is 11.0 Å². The van der Waals surface area contributed by atoms with Gasteiger partial charge in [-0.3, -0.25) is 9.78 Å². The molecule has 3 aromatic heterocycles. The van der Waals surface area contributed by atoms with Gasteiger partial charge in [0.15, 0.2) is 5.76 Å². The molecular weight excluding hydrogens is 446 g/mol. The Morgan fingerprint density at radius 2 is 2.12 bits per heavy atom. The Balaban J connectivity index is 1.36. The minimum atomic E-state index is -3.58. The summed E-state index contributed by atoms with van der Waals surface area (Å²) in [5.74, 6) is 0.158. The minimum absolute atomic E-state index is 0.160. The first-order chi connectivity index (χ1) is 15.4. The van der Waals surface area contributed by atoms with Gasteiger partial charge in [0.25, 0.3) is 5.91 Å². The monoisotopic (exact) mass is 467 g/mol. The summed E-state index contributed by atoms with van der Waals surface area (Å²) in [5, 5.41) is 4.24. The molecule has 1 N–H and O–H groups in total. The molecule has 0 fully saturated rings. The van der Waals surface area contributed by atoms with Gasteiger partial charge in [-0.15, -0.1) is 0 Å². The van der Waals surface area contributed by atoms with Crippen LogP contribution in [-0.4, -0.2) is 30.8 Å². The van der Waals surface area contributed by atoms with Crippen molar-refractivity contribution in [3.05, 3.63) is 81.5 Å². The van der Waals surface area contributed by atoms with Crippen molar-refractivity contribution >= 4 is 38.2 Å². The fourth-order valence-electron chi connectivity index (χ4n) is 4.03. The zero-order chi connectivity index (χ0) is 22.3.